The first kappa shape index (κ1) is 22.2. The Balaban J connectivity index is 1.45. The van der Waals surface area contributed by atoms with Crippen LogP contribution in [0.25, 0.3) is 0 Å². The molecule has 0 aromatic heterocycles. The molecule has 0 amide bonds. The van der Waals surface area contributed by atoms with E-state index in [1.54, 1.807) is 16.4 Å². The van der Waals surface area contributed by atoms with Gasteiger partial charge in [-0.1, -0.05) is 54.6 Å². The first-order chi connectivity index (χ1) is 14.8. The average molecular weight is 442 g/mol. The number of Topliss-reactive ketones (excluding diaryl/α,β-unsaturated/α-hetero) is 1. The Kier molecular flexibility index (Phi) is 6.60. The van der Waals surface area contributed by atoms with Crippen LogP contribution < -0.4 is 0 Å². The monoisotopic (exact) mass is 441 g/mol. The van der Waals surface area contributed by atoms with E-state index in [-0.39, 0.29) is 23.8 Å². The highest BCUT2D eigenvalue weighted by molar-refractivity contribution is 7.89. The summed E-state index contributed by atoms with van der Waals surface area (Å²) < 4.78 is 28.4. The number of nitrogens with zero attached hydrogens (tertiary/aromatic N) is 1. The van der Waals surface area contributed by atoms with Crippen molar-refractivity contribution < 1.29 is 18.3 Å². The molecule has 6 heteroatoms. The first-order valence-electron chi connectivity index (χ1n) is 11.2. The first-order valence-corrected chi connectivity index (χ1v) is 12.7. The fourth-order valence-corrected chi connectivity index (χ4v) is 7.14. The highest BCUT2D eigenvalue weighted by atomic mass is 32.2. The van der Waals surface area contributed by atoms with Gasteiger partial charge in [0.1, 0.15) is 5.25 Å². The fourth-order valence-electron chi connectivity index (χ4n) is 4.94. The van der Waals surface area contributed by atoms with Crippen molar-refractivity contribution >= 4 is 15.8 Å². The van der Waals surface area contributed by atoms with Crippen LogP contribution in [0.5, 0.6) is 0 Å². The van der Waals surface area contributed by atoms with Crippen LogP contribution >= 0.6 is 0 Å². The predicted molar refractivity (Wildman–Crippen MR) is 121 cm³/mol. The van der Waals surface area contributed by atoms with Gasteiger partial charge in [0.15, 0.2) is 5.78 Å². The third kappa shape index (κ3) is 4.92. The summed E-state index contributed by atoms with van der Waals surface area (Å²) in [5, 5.41) is 9.16. The fraction of sp³-hybridized carbons (Fsp3) is 0.480. The van der Waals surface area contributed by atoms with Crippen LogP contribution in [-0.2, 0) is 16.6 Å². The van der Waals surface area contributed by atoms with Gasteiger partial charge in [-0.15, -0.1) is 0 Å². The van der Waals surface area contributed by atoms with Crippen molar-refractivity contribution in [3.8, 4) is 0 Å². The molecule has 3 unspecified atom stereocenters. The molecule has 1 N–H and O–H groups in total. The average Bonchev–Trinajstić information content (AvgIpc) is 3.16. The Bertz CT molecular complexity index is 1000. The van der Waals surface area contributed by atoms with Gasteiger partial charge in [0.05, 0.1) is 6.10 Å². The summed E-state index contributed by atoms with van der Waals surface area (Å²) in [6.07, 6.45) is 4.04. The van der Waals surface area contributed by atoms with E-state index in [9.17, 15) is 18.3 Å². The van der Waals surface area contributed by atoms with Crippen molar-refractivity contribution in [1.82, 2.24) is 4.31 Å². The summed E-state index contributed by atoms with van der Waals surface area (Å²) >= 11 is 0. The highest BCUT2D eigenvalue weighted by Crippen LogP contribution is 2.38. The number of aliphatic hydroxyl groups is 1. The molecule has 0 spiro atoms. The summed E-state index contributed by atoms with van der Waals surface area (Å²) in [5.41, 5.74) is 2.39. The molecule has 166 valence electrons. The summed E-state index contributed by atoms with van der Waals surface area (Å²) in [5.74, 6) is 0.352. The van der Waals surface area contributed by atoms with Gasteiger partial charge in [-0.2, -0.15) is 4.31 Å². The van der Waals surface area contributed by atoms with Gasteiger partial charge in [-0.05, 0) is 56.1 Å². The van der Waals surface area contributed by atoms with E-state index in [0.29, 0.717) is 31.4 Å². The van der Waals surface area contributed by atoms with Crippen LogP contribution in [0.4, 0.5) is 0 Å². The quantitative estimate of drug-likeness (QED) is 0.671. The summed E-state index contributed by atoms with van der Waals surface area (Å²) in [6.45, 7) is 2.28. The van der Waals surface area contributed by atoms with E-state index in [1.807, 2.05) is 49.4 Å². The number of benzene rings is 2. The zero-order valence-corrected chi connectivity index (χ0v) is 18.8. The Morgan fingerprint density at radius 3 is 2.35 bits per heavy atom. The number of ketones is 1. The van der Waals surface area contributed by atoms with E-state index < -0.39 is 15.3 Å². The van der Waals surface area contributed by atoms with Crippen molar-refractivity contribution in [3.05, 3.63) is 71.3 Å². The van der Waals surface area contributed by atoms with Crippen LogP contribution in [0.1, 0.15) is 72.2 Å². The van der Waals surface area contributed by atoms with Gasteiger partial charge in [0.2, 0.25) is 10.0 Å². The lowest BCUT2D eigenvalue weighted by molar-refractivity contribution is 0.0957. The van der Waals surface area contributed by atoms with Crippen molar-refractivity contribution in [3.63, 3.8) is 0 Å². The number of hydrogen-bond donors (Lipinski definition) is 1. The van der Waals surface area contributed by atoms with Gasteiger partial charge in [-0.25, -0.2) is 8.42 Å². The third-order valence-corrected chi connectivity index (χ3v) is 9.17. The Morgan fingerprint density at radius 2 is 1.71 bits per heavy atom. The second-order valence-corrected chi connectivity index (χ2v) is 11.1. The molecule has 1 aliphatic heterocycles. The summed E-state index contributed by atoms with van der Waals surface area (Å²) in [7, 11) is -3.47. The molecule has 31 heavy (non-hydrogen) atoms. The SMILES string of the molecule is C[C@H]1CCC(c2ccccc2)S(=O)(=O)N1Cc1ccc(C(=O)CC2CCC(O)C2)cc1. The highest BCUT2D eigenvalue weighted by Gasteiger charge is 2.40. The van der Waals surface area contributed by atoms with Gasteiger partial charge < -0.3 is 5.11 Å². The minimum Gasteiger partial charge on any atom is -0.393 e. The molecule has 1 saturated heterocycles. The topological polar surface area (TPSA) is 74.7 Å². The smallest absolute Gasteiger partial charge is 0.221 e. The van der Waals surface area contributed by atoms with Gasteiger partial charge in [0.25, 0.3) is 0 Å². The van der Waals surface area contributed by atoms with E-state index in [0.717, 1.165) is 30.4 Å². The maximum absolute atomic E-state index is 13.4. The number of rotatable bonds is 6. The lowest BCUT2D eigenvalue weighted by atomic mass is 9.96. The minimum atomic E-state index is -3.47. The zero-order valence-electron chi connectivity index (χ0n) is 18.0. The summed E-state index contributed by atoms with van der Waals surface area (Å²) in [6, 6.07) is 16.7. The Morgan fingerprint density at radius 1 is 1.00 bits per heavy atom. The third-order valence-electron chi connectivity index (χ3n) is 6.80. The Labute approximate surface area is 185 Å². The standard InChI is InChI=1S/C25H31NO4S/c1-18-7-14-25(22-5-3-2-4-6-22)31(29,30)26(18)17-19-8-11-21(12-9-19)24(28)16-20-10-13-23(27)15-20/h2-6,8-9,11-12,18,20,23,25,27H,7,10,13-17H2,1H3/t18-,20?,23?,25?/m0/s1. The molecule has 4 rings (SSSR count). The predicted octanol–water partition coefficient (Wildman–Crippen LogP) is 4.48. The maximum atomic E-state index is 13.4. The number of carbonyl (C=O) groups is 1. The van der Waals surface area contributed by atoms with Gasteiger partial charge in [-0.3, -0.25) is 4.79 Å². The molecular formula is C25H31NO4S. The molecule has 0 radical (unpaired) electrons. The molecule has 2 aliphatic rings. The van der Waals surface area contributed by atoms with Crippen molar-refractivity contribution in [2.75, 3.05) is 0 Å². The van der Waals surface area contributed by atoms with E-state index in [1.165, 1.54) is 0 Å². The van der Waals surface area contributed by atoms with E-state index >= 15 is 0 Å². The number of carbonyl (C=O) groups excluding carboxylic acids is 1. The number of aliphatic hydroxyl groups excluding tert-OH is 1. The molecule has 1 saturated carbocycles. The van der Waals surface area contributed by atoms with Gasteiger partial charge >= 0.3 is 0 Å². The number of sulfonamides is 1. The largest absolute Gasteiger partial charge is 0.393 e. The summed E-state index contributed by atoms with van der Waals surface area (Å²) in [4.78, 5) is 12.6. The van der Waals surface area contributed by atoms with Gasteiger partial charge in [0, 0.05) is 24.6 Å². The molecule has 2 aromatic rings. The van der Waals surface area contributed by atoms with Crippen molar-refractivity contribution in [2.24, 2.45) is 5.92 Å². The Hall–Kier alpha value is -2.02. The molecule has 2 fully saturated rings. The van der Waals surface area contributed by atoms with Crippen LogP contribution in [0.15, 0.2) is 54.6 Å². The molecule has 1 aliphatic carbocycles. The number of hydrogen-bond acceptors (Lipinski definition) is 4. The van der Waals surface area contributed by atoms with Crippen LogP contribution in [-0.4, -0.2) is 35.8 Å². The van der Waals surface area contributed by atoms with E-state index in [2.05, 4.69) is 0 Å². The molecular weight excluding hydrogens is 410 g/mol. The molecule has 1 heterocycles. The second-order valence-electron chi connectivity index (χ2n) is 9.07. The lowest BCUT2D eigenvalue weighted by Gasteiger charge is -2.37. The molecule has 5 nitrogen and oxygen atoms in total. The molecule has 0 bridgehead atoms. The van der Waals surface area contributed by atoms with Crippen LogP contribution in [0.3, 0.4) is 0 Å². The normalized spacial score (nSPS) is 28.5. The molecule has 4 atom stereocenters. The minimum absolute atomic E-state index is 0.0555. The van der Waals surface area contributed by atoms with Crippen molar-refractivity contribution in [1.29, 1.82) is 0 Å². The molecule has 2 aromatic carbocycles. The maximum Gasteiger partial charge on any atom is 0.221 e. The lowest BCUT2D eigenvalue weighted by Crippen LogP contribution is -2.44. The van der Waals surface area contributed by atoms with Crippen molar-refractivity contribution in [2.45, 2.75) is 69.4 Å². The van der Waals surface area contributed by atoms with E-state index in [4.69, 9.17) is 0 Å². The van der Waals surface area contributed by atoms with Crippen LogP contribution in [0, 0.1) is 5.92 Å². The second kappa shape index (κ2) is 9.23. The van der Waals surface area contributed by atoms with Crippen LogP contribution in [0.2, 0.25) is 0 Å². The zero-order chi connectivity index (χ0) is 22.0.